The van der Waals surface area contributed by atoms with Gasteiger partial charge in [-0.25, -0.2) is 0 Å². The number of para-hydroxylation sites is 1. The van der Waals surface area contributed by atoms with Crippen LogP contribution in [0.4, 0.5) is 11.4 Å². The molecule has 1 amide bonds. The van der Waals surface area contributed by atoms with Gasteiger partial charge in [0.15, 0.2) is 0 Å². The van der Waals surface area contributed by atoms with Crippen molar-refractivity contribution < 1.29 is 9.53 Å². The molecule has 0 atom stereocenters. The number of hydrogen-bond acceptors (Lipinski definition) is 3. The summed E-state index contributed by atoms with van der Waals surface area (Å²) < 4.78 is 5.14. The zero-order valence-electron chi connectivity index (χ0n) is 12.6. The number of amides is 1. The van der Waals surface area contributed by atoms with Crippen LogP contribution < -0.4 is 15.8 Å². The number of benzene rings is 2. The molecule has 0 heterocycles. The number of carbonyl (C=O) groups is 1. The normalized spacial score (nSPS) is 10.2. The van der Waals surface area contributed by atoms with Crippen molar-refractivity contribution in [1.82, 2.24) is 0 Å². The van der Waals surface area contributed by atoms with Crippen LogP contribution in [0.1, 0.15) is 28.4 Å². The first kappa shape index (κ1) is 14.9. The fourth-order valence-electron chi connectivity index (χ4n) is 2.26. The van der Waals surface area contributed by atoms with Crippen LogP contribution in [0.15, 0.2) is 36.4 Å². The Labute approximate surface area is 124 Å². The monoisotopic (exact) mass is 284 g/mol. The molecule has 0 aromatic heterocycles. The molecule has 0 saturated carbocycles. The van der Waals surface area contributed by atoms with E-state index in [9.17, 15) is 4.79 Å². The third-order valence-corrected chi connectivity index (χ3v) is 3.41. The van der Waals surface area contributed by atoms with Crippen LogP contribution in [0.5, 0.6) is 5.75 Å². The lowest BCUT2D eigenvalue weighted by Gasteiger charge is -2.13. The van der Waals surface area contributed by atoms with E-state index in [0.29, 0.717) is 17.0 Å². The topological polar surface area (TPSA) is 64.4 Å². The highest BCUT2D eigenvalue weighted by atomic mass is 16.5. The Hall–Kier alpha value is -2.49. The van der Waals surface area contributed by atoms with Crippen molar-refractivity contribution in [2.24, 2.45) is 0 Å². The summed E-state index contributed by atoms with van der Waals surface area (Å²) in [5, 5.41) is 2.97. The third-order valence-electron chi connectivity index (χ3n) is 3.41. The highest BCUT2D eigenvalue weighted by molar-refractivity contribution is 6.05. The van der Waals surface area contributed by atoms with Crippen molar-refractivity contribution in [2.75, 3.05) is 18.2 Å². The average Bonchev–Trinajstić information content (AvgIpc) is 2.48. The van der Waals surface area contributed by atoms with E-state index in [2.05, 4.69) is 12.2 Å². The van der Waals surface area contributed by atoms with Gasteiger partial charge < -0.3 is 15.8 Å². The van der Waals surface area contributed by atoms with Crippen molar-refractivity contribution in [2.45, 2.75) is 20.3 Å². The minimum absolute atomic E-state index is 0.190. The molecule has 4 nitrogen and oxygen atoms in total. The Morgan fingerprint density at radius 2 is 2.05 bits per heavy atom. The second-order valence-corrected chi connectivity index (χ2v) is 4.91. The molecular weight excluding hydrogens is 264 g/mol. The Morgan fingerprint density at radius 1 is 1.29 bits per heavy atom. The molecule has 0 unspecified atom stereocenters. The van der Waals surface area contributed by atoms with E-state index in [1.807, 2.05) is 25.1 Å². The first-order chi connectivity index (χ1) is 10.0. The van der Waals surface area contributed by atoms with Crippen molar-refractivity contribution in [1.29, 1.82) is 0 Å². The molecule has 0 aliphatic carbocycles. The Balaban J connectivity index is 2.32. The van der Waals surface area contributed by atoms with E-state index in [1.165, 1.54) is 0 Å². The predicted molar refractivity (Wildman–Crippen MR) is 85.9 cm³/mol. The molecule has 0 spiro atoms. The maximum Gasteiger partial charge on any atom is 0.255 e. The van der Waals surface area contributed by atoms with E-state index in [4.69, 9.17) is 10.5 Å². The van der Waals surface area contributed by atoms with Gasteiger partial charge in [-0.15, -0.1) is 0 Å². The highest BCUT2D eigenvalue weighted by Crippen LogP contribution is 2.24. The van der Waals surface area contributed by atoms with Gasteiger partial charge in [0.25, 0.3) is 5.91 Å². The quantitative estimate of drug-likeness (QED) is 0.846. The average molecular weight is 284 g/mol. The number of anilines is 2. The SMILES string of the molecule is CCc1cccc(C)c1NC(=O)c1cc(N)cc(OC)c1. The van der Waals surface area contributed by atoms with Crippen LogP contribution in [0.25, 0.3) is 0 Å². The number of carbonyl (C=O) groups excluding carboxylic acids is 1. The maximum absolute atomic E-state index is 12.4. The molecule has 0 aliphatic heterocycles. The number of nitrogen functional groups attached to an aromatic ring is 1. The number of hydrogen-bond donors (Lipinski definition) is 2. The van der Waals surface area contributed by atoms with Crippen molar-refractivity contribution in [3.8, 4) is 5.75 Å². The van der Waals surface area contributed by atoms with Gasteiger partial charge in [0.1, 0.15) is 5.75 Å². The van der Waals surface area contributed by atoms with E-state index in [1.54, 1.807) is 25.3 Å². The van der Waals surface area contributed by atoms with E-state index in [0.717, 1.165) is 23.2 Å². The molecule has 3 N–H and O–H groups in total. The summed E-state index contributed by atoms with van der Waals surface area (Å²) in [6.07, 6.45) is 0.859. The largest absolute Gasteiger partial charge is 0.497 e. The summed E-state index contributed by atoms with van der Waals surface area (Å²) in [7, 11) is 1.55. The number of aryl methyl sites for hydroxylation is 2. The Kier molecular flexibility index (Phi) is 4.48. The Bertz CT molecular complexity index is 666. The molecule has 0 saturated heterocycles. The smallest absolute Gasteiger partial charge is 0.255 e. The number of methoxy groups -OCH3 is 1. The predicted octanol–water partition coefficient (Wildman–Crippen LogP) is 3.40. The second kappa shape index (κ2) is 6.31. The van der Waals surface area contributed by atoms with Crippen molar-refractivity contribution >= 4 is 17.3 Å². The minimum atomic E-state index is -0.190. The molecule has 0 radical (unpaired) electrons. The van der Waals surface area contributed by atoms with Gasteiger partial charge in [0, 0.05) is 23.0 Å². The van der Waals surface area contributed by atoms with Crippen LogP contribution in [0.3, 0.4) is 0 Å². The first-order valence-corrected chi connectivity index (χ1v) is 6.89. The lowest BCUT2D eigenvalue weighted by Crippen LogP contribution is -2.14. The molecule has 0 fully saturated rings. The molecule has 2 rings (SSSR count). The highest BCUT2D eigenvalue weighted by Gasteiger charge is 2.12. The third kappa shape index (κ3) is 3.34. The van der Waals surface area contributed by atoms with Gasteiger partial charge in [0.2, 0.25) is 0 Å². The van der Waals surface area contributed by atoms with Gasteiger partial charge in [-0.3, -0.25) is 4.79 Å². The molecular formula is C17H20N2O2. The van der Waals surface area contributed by atoms with Gasteiger partial charge in [-0.2, -0.15) is 0 Å². The zero-order chi connectivity index (χ0) is 15.4. The van der Waals surface area contributed by atoms with Crippen molar-refractivity contribution in [3.63, 3.8) is 0 Å². The fraction of sp³-hybridized carbons (Fsp3) is 0.235. The van der Waals surface area contributed by atoms with E-state index in [-0.39, 0.29) is 5.91 Å². The molecule has 4 heteroatoms. The standard InChI is InChI=1S/C17H20N2O2/c1-4-12-7-5-6-11(2)16(12)19-17(20)13-8-14(18)10-15(9-13)21-3/h5-10H,4,18H2,1-3H3,(H,19,20). The Morgan fingerprint density at radius 3 is 2.71 bits per heavy atom. The molecule has 0 bridgehead atoms. The molecule has 21 heavy (non-hydrogen) atoms. The van der Waals surface area contributed by atoms with Crippen LogP contribution in [-0.4, -0.2) is 13.0 Å². The molecule has 110 valence electrons. The van der Waals surface area contributed by atoms with E-state index < -0.39 is 0 Å². The van der Waals surface area contributed by atoms with Crippen LogP contribution in [-0.2, 0) is 6.42 Å². The summed E-state index contributed by atoms with van der Waals surface area (Å²) in [5.41, 5.74) is 9.79. The molecule has 2 aromatic carbocycles. The number of rotatable bonds is 4. The van der Waals surface area contributed by atoms with Gasteiger partial charge in [-0.05, 0) is 36.6 Å². The summed E-state index contributed by atoms with van der Waals surface area (Å²) in [6.45, 7) is 4.04. The van der Waals surface area contributed by atoms with Gasteiger partial charge in [0.05, 0.1) is 7.11 Å². The minimum Gasteiger partial charge on any atom is -0.497 e. The lowest BCUT2D eigenvalue weighted by molar-refractivity contribution is 0.102. The van der Waals surface area contributed by atoms with Gasteiger partial charge >= 0.3 is 0 Å². The lowest BCUT2D eigenvalue weighted by atomic mass is 10.1. The molecule has 0 aliphatic rings. The number of nitrogens with one attached hydrogen (secondary N) is 1. The number of ether oxygens (including phenoxy) is 1. The fourth-order valence-corrected chi connectivity index (χ4v) is 2.26. The maximum atomic E-state index is 12.4. The van der Waals surface area contributed by atoms with Gasteiger partial charge in [-0.1, -0.05) is 25.1 Å². The van der Waals surface area contributed by atoms with Crippen LogP contribution >= 0.6 is 0 Å². The van der Waals surface area contributed by atoms with Crippen molar-refractivity contribution in [3.05, 3.63) is 53.1 Å². The van der Waals surface area contributed by atoms with Crippen LogP contribution in [0, 0.1) is 6.92 Å². The summed E-state index contributed by atoms with van der Waals surface area (Å²) >= 11 is 0. The first-order valence-electron chi connectivity index (χ1n) is 6.89. The van der Waals surface area contributed by atoms with E-state index >= 15 is 0 Å². The molecule has 2 aromatic rings. The summed E-state index contributed by atoms with van der Waals surface area (Å²) in [6, 6.07) is 11.0. The summed E-state index contributed by atoms with van der Waals surface area (Å²) in [5.74, 6) is 0.380. The number of nitrogens with two attached hydrogens (primary N) is 1. The second-order valence-electron chi connectivity index (χ2n) is 4.91. The zero-order valence-corrected chi connectivity index (χ0v) is 12.6. The summed E-state index contributed by atoms with van der Waals surface area (Å²) in [4.78, 5) is 12.4. The van der Waals surface area contributed by atoms with Crippen LogP contribution in [0.2, 0.25) is 0 Å².